The number of pyridine rings is 1. The average molecular weight is 427 g/mol. The van der Waals surface area contributed by atoms with Crippen molar-refractivity contribution in [2.24, 2.45) is 0 Å². The molecule has 0 saturated carbocycles. The van der Waals surface area contributed by atoms with E-state index in [-0.39, 0.29) is 41.8 Å². The summed E-state index contributed by atoms with van der Waals surface area (Å²) in [5.41, 5.74) is 0.773. The van der Waals surface area contributed by atoms with Gasteiger partial charge in [0.05, 0.1) is 5.56 Å². The summed E-state index contributed by atoms with van der Waals surface area (Å²) in [5.74, 6) is -0.689. The maximum atomic E-state index is 13.0. The van der Waals surface area contributed by atoms with E-state index in [0.29, 0.717) is 29.6 Å². The van der Waals surface area contributed by atoms with Crippen molar-refractivity contribution in [3.63, 3.8) is 0 Å². The van der Waals surface area contributed by atoms with Gasteiger partial charge in [0.25, 0.3) is 11.8 Å². The molecule has 0 atom stereocenters. The van der Waals surface area contributed by atoms with Crippen LogP contribution in [0.4, 0.5) is 8.78 Å². The summed E-state index contributed by atoms with van der Waals surface area (Å²) in [5, 5.41) is 0.654. The average Bonchev–Trinajstić information content (AvgIpc) is 2.77. The van der Waals surface area contributed by atoms with Crippen molar-refractivity contribution in [2.75, 3.05) is 26.2 Å². The number of carbonyl (C=O) groups is 2. The fraction of sp³-hybridized carbons (Fsp3) is 0.227. The second-order valence-electron chi connectivity index (χ2n) is 7.08. The number of ether oxygens (including phenoxy) is 1. The summed E-state index contributed by atoms with van der Waals surface area (Å²) < 4.78 is 29.2. The Morgan fingerprint density at radius 2 is 1.58 bits per heavy atom. The molecule has 9 heteroatoms. The topological polar surface area (TPSA) is 82.7 Å². The van der Waals surface area contributed by atoms with Crippen molar-refractivity contribution in [3.8, 4) is 5.75 Å². The first-order chi connectivity index (χ1) is 14.9. The molecule has 1 fully saturated rings. The third-order valence-electron chi connectivity index (χ3n) is 5.14. The van der Waals surface area contributed by atoms with Crippen LogP contribution in [0.15, 0.2) is 59.4 Å². The maximum Gasteiger partial charge on any atom is 0.387 e. The van der Waals surface area contributed by atoms with Gasteiger partial charge in [0.1, 0.15) is 5.75 Å². The summed E-state index contributed by atoms with van der Waals surface area (Å²) in [7, 11) is 0. The smallest absolute Gasteiger partial charge is 0.387 e. The molecule has 3 aromatic rings. The van der Waals surface area contributed by atoms with Crippen LogP contribution in [-0.2, 0) is 0 Å². The minimum absolute atomic E-state index is 0.0872. The molecule has 1 aromatic heterocycles. The molecule has 1 N–H and O–H groups in total. The van der Waals surface area contributed by atoms with Gasteiger partial charge in [-0.05, 0) is 24.3 Å². The first-order valence-corrected chi connectivity index (χ1v) is 9.68. The first-order valence-electron chi connectivity index (χ1n) is 9.68. The van der Waals surface area contributed by atoms with Gasteiger partial charge in [-0.3, -0.25) is 14.4 Å². The van der Waals surface area contributed by atoms with E-state index < -0.39 is 6.61 Å². The number of alkyl halides is 2. The number of nitrogens with zero attached hydrogens (tertiary/aromatic N) is 2. The van der Waals surface area contributed by atoms with Crippen LogP contribution < -0.4 is 10.3 Å². The van der Waals surface area contributed by atoms with E-state index >= 15 is 0 Å². The quantitative estimate of drug-likeness (QED) is 0.694. The van der Waals surface area contributed by atoms with Gasteiger partial charge in [0.15, 0.2) is 0 Å². The number of nitrogens with one attached hydrogen (secondary N) is 1. The van der Waals surface area contributed by atoms with Gasteiger partial charge in [-0.1, -0.05) is 24.3 Å². The lowest BCUT2D eigenvalue weighted by molar-refractivity contribution is -0.0499. The molecule has 1 aliphatic rings. The molecule has 7 nitrogen and oxygen atoms in total. The zero-order valence-corrected chi connectivity index (χ0v) is 16.4. The fourth-order valence-corrected chi connectivity index (χ4v) is 3.65. The Morgan fingerprint density at radius 3 is 2.29 bits per heavy atom. The van der Waals surface area contributed by atoms with Crippen LogP contribution in [0.25, 0.3) is 10.9 Å². The normalized spacial score (nSPS) is 14.2. The molecule has 2 aromatic carbocycles. The highest BCUT2D eigenvalue weighted by molar-refractivity contribution is 6.06. The first kappa shape index (κ1) is 20.5. The molecule has 2 heterocycles. The lowest BCUT2D eigenvalue weighted by atomic mass is 10.1. The van der Waals surface area contributed by atoms with E-state index in [1.54, 1.807) is 34.1 Å². The van der Waals surface area contributed by atoms with Crippen LogP contribution in [0.5, 0.6) is 5.75 Å². The van der Waals surface area contributed by atoms with Crippen LogP contribution in [0.1, 0.15) is 20.7 Å². The maximum absolute atomic E-state index is 13.0. The van der Waals surface area contributed by atoms with Crippen LogP contribution in [0, 0.1) is 0 Å². The van der Waals surface area contributed by atoms with Crippen molar-refractivity contribution < 1.29 is 23.1 Å². The molecule has 1 saturated heterocycles. The monoisotopic (exact) mass is 427 g/mol. The number of halogens is 2. The molecule has 1 aliphatic heterocycles. The minimum atomic E-state index is -2.97. The molecule has 0 aliphatic carbocycles. The van der Waals surface area contributed by atoms with E-state index in [4.69, 9.17) is 0 Å². The molecule has 0 bridgehead atoms. The number of H-pyrrole nitrogens is 1. The Morgan fingerprint density at radius 1 is 0.903 bits per heavy atom. The lowest BCUT2D eigenvalue weighted by Crippen LogP contribution is -2.50. The molecule has 0 radical (unpaired) electrons. The van der Waals surface area contributed by atoms with Gasteiger partial charge in [0.2, 0.25) is 5.56 Å². The summed E-state index contributed by atoms with van der Waals surface area (Å²) in [6, 6.07) is 14.0. The highest BCUT2D eigenvalue weighted by Crippen LogP contribution is 2.20. The van der Waals surface area contributed by atoms with Crippen molar-refractivity contribution in [2.45, 2.75) is 6.61 Å². The molecule has 31 heavy (non-hydrogen) atoms. The van der Waals surface area contributed by atoms with Gasteiger partial charge >= 0.3 is 6.61 Å². The molecule has 0 spiro atoms. The zero-order valence-electron chi connectivity index (χ0n) is 16.4. The summed E-state index contributed by atoms with van der Waals surface area (Å²) in [4.78, 5) is 43.6. The number of aromatic nitrogens is 1. The number of rotatable bonds is 4. The molecule has 0 unspecified atom stereocenters. The molecule has 2 amide bonds. The number of para-hydroxylation sites is 1. The largest absolute Gasteiger partial charge is 0.435 e. The number of carbonyl (C=O) groups excluding carboxylic acids is 2. The molecule has 4 rings (SSSR count). The van der Waals surface area contributed by atoms with Gasteiger partial charge in [-0.15, -0.1) is 0 Å². The number of fused-ring (bicyclic) bond motifs is 1. The zero-order chi connectivity index (χ0) is 22.0. The number of piperazine rings is 1. The Bertz CT molecular complexity index is 1190. The Labute approximate surface area is 175 Å². The third kappa shape index (κ3) is 4.40. The Hall–Kier alpha value is -3.75. The van der Waals surface area contributed by atoms with Crippen molar-refractivity contribution >= 4 is 22.7 Å². The van der Waals surface area contributed by atoms with E-state index in [9.17, 15) is 23.2 Å². The predicted molar refractivity (Wildman–Crippen MR) is 109 cm³/mol. The van der Waals surface area contributed by atoms with Crippen molar-refractivity contribution in [3.05, 3.63) is 76.1 Å². The van der Waals surface area contributed by atoms with E-state index in [0.717, 1.165) is 0 Å². The summed E-state index contributed by atoms with van der Waals surface area (Å²) >= 11 is 0. The number of hydrogen-bond acceptors (Lipinski definition) is 4. The van der Waals surface area contributed by atoms with Gasteiger partial charge in [0, 0.05) is 48.7 Å². The summed E-state index contributed by atoms with van der Waals surface area (Å²) in [6.45, 7) is -1.82. The van der Waals surface area contributed by atoms with Crippen LogP contribution in [0.3, 0.4) is 0 Å². The minimum Gasteiger partial charge on any atom is -0.435 e. The molecule has 160 valence electrons. The van der Waals surface area contributed by atoms with Crippen LogP contribution in [-0.4, -0.2) is 59.4 Å². The number of benzene rings is 2. The Balaban J connectivity index is 1.46. The van der Waals surface area contributed by atoms with E-state index in [1.165, 1.54) is 30.3 Å². The predicted octanol–water partition coefficient (Wildman–Crippen LogP) is 2.73. The second-order valence-corrected chi connectivity index (χ2v) is 7.08. The molecular weight excluding hydrogens is 408 g/mol. The standard InChI is InChI=1S/C22H19F2N3O4/c23-22(24)31-15-5-3-4-14(12-15)20(29)26-8-10-27(11-9-26)21(30)17-13-19(28)25-18-7-2-1-6-16(17)18/h1-7,12-13,22H,8-11H2,(H,25,28). The van der Waals surface area contributed by atoms with Crippen LogP contribution >= 0.6 is 0 Å². The number of hydrogen-bond donors (Lipinski definition) is 1. The highest BCUT2D eigenvalue weighted by atomic mass is 19.3. The van der Waals surface area contributed by atoms with Gasteiger partial charge in [-0.2, -0.15) is 8.78 Å². The fourth-order valence-electron chi connectivity index (χ4n) is 3.65. The molecular formula is C22H19F2N3O4. The number of amides is 2. The third-order valence-corrected chi connectivity index (χ3v) is 5.14. The van der Waals surface area contributed by atoms with E-state index in [2.05, 4.69) is 9.72 Å². The summed E-state index contributed by atoms with van der Waals surface area (Å²) in [6.07, 6.45) is 0. The second kappa shape index (κ2) is 8.55. The van der Waals surface area contributed by atoms with Crippen molar-refractivity contribution in [1.29, 1.82) is 0 Å². The van der Waals surface area contributed by atoms with Crippen molar-refractivity contribution in [1.82, 2.24) is 14.8 Å². The van der Waals surface area contributed by atoms with E-state index in [1.807, 2.05) is 0 Å². The lowest BCUT2D eigenvalue weighted by Gasteiger charge is -2.35. The highest BCUT2D eigenvalue weighted by Gasteiger charge is 2.27. The van der Waals surface area contributed by atoms with Crippen LogP contribution in [0.2, 0.25) is 0 Å². The number of aromatic amines is 1. The van der Waals surface area contributed by atoms with Gasteiger partial charge in [-0.25, -0.2) is 0 Å². The van der Waals surface area contributed by atoms with Gasteiger partial charge < -0.3 is 19.5 Å². The SMILES string of the molecule is O=C(c1cccc(OC(F)F)c1)N1CCN(C(=O)c2cc(=O)[nH]c3ccccc23)CC1. The Kier molecular flexibility index (Phi) is 5.66.